The van der Waals surface area contributed by atoms with Gasteiger partial charge in [0, 0.05) is 18.7 Å². The molecule has 0 amide bonds. The summed E-state index contributed by atoms with van der Waals surface area (Å²) in [7, 11) is 0. The van der Waals surface area contributed by atoms with Crippen LogP contribution in [0.15, 0.2) is 0 Å². The first-order valence-electron chi connectivity index (χ1n) is 6.50. The summed E-state index contributed by atoms with van der Waals surface area (Å²) in [5.74, 6) is 1.54. The van der Waals surface area contributed by atoms with Gasteiger partial charge >= 0.3 is 0 Å². The molecule has 4 nitrogen and oxygen atoms in total. The zero-order chi connectivity index (χ0) is 12.0. The Balaban J connectivity index is 2.03. The van der Waals surface area contributed by atoms with Crippen LogP contribution in [0.5, 0.6) is 0 Å². The maximum absolute atomic E-state index is 6.14. The van der Waals surface area contributed by atoms with Gasteiger partial charge in [0.1, 0.15) is 5.82 Å². The van der Waals surface area contributed by atoms with E-state index in [1.807, 2.05) is 0 Å². The maximum atomic E-state index is 6.14. The van der Waals surface area contributed by atoms with Crippen LogP contribution < -0.4 is 10.6 Å². The van der Waals surface area contributed by atoms with E-state index < -0.39 is 0 Å². The van der Waals surface area contributed by atoms with E-state index >= 15 is 0 Å². The molecule has 1 aromatic rings. The van der Waals surface area contributed by atoms with Crippen LogP contribution in [0.4, 0.5) is 11.8 Å². The average Bonchev–Trinajstić information content (AvgIpc) is 2.86. The minimum absolute atomic E-state index is 0.142. The van der Waals surface area contributed by atoms with Crippen molar-refractivity contribution in [3.8, 4) is 0 Å². The molecule has 0 saturated carbocycles. The lowest BCUT2D eigenvalue weighted by Gasteiger charge is -2.21. The standard InChI is InChI=1S/C13H20N4/c1-13(2)6-5-9-10(13)11(14)16-12(15-9)17-7-3-4-8-17/h3-8H2,1-2H3,(H2,14,15,16). The number of fused-ring (bicyclic) bond motifs is 1. The smallest absolute Gasteiger partial charge is 0.227 e. The van der Waals surface area contributed by atoms with Crippen LogP contribution in [0, 0.1) is 0 Å². The van der Waals surface area contributed by atoms with Gasteiger partial charge in [-0.15, -0.1) is 0 Å². The zero-order valence-corrected chi connectivity index (χ0v) is 10.7. The maximum Gasteiger partial charge on any atom is 0.227 e. The van der Waals surface area contributed by atoms with Crippen molar-refractivity contribution in [2.45, 2.75) is 44.9 Å². The average molecular weight is 232 g/mol. The molecule has 0 radical (unpaired) electrons. The lowest BCUT2D eigenvalue weighted by atomic mass is 9.87. The highest BCUT2D eigenvalue weighted by atomic mass is 15.3. The van der Waals surface area contributed by atoms with Crippen molar-refractivity contribution in [2.75, 3.05) is 23.7 Å². The van der Waals surface area contributed by atoms with Gasteiger partial charge in [0.05, 0.1) is 5.69 Å². The van der Waals surface area contributed by atoms with Gasteiger partial charge in [-0.1, -0.05) is 13.8 Å². The van der Waals surface area contributed by atoms with E-state index in [9.17, 15) is 0 Å². The quantitative estimate of drug-likeness (QED) is 0.803. The fourth-order valence-corrected chi connectivity index (χ4v) is 3.05. The minimum Gasteiger partial charge on any atom is -0.383 e. The van der Waals surface area contributed by atoms with Gasteiger partial charge in [0.2, 0.25) is 5.95 Å². The Hall–Kier alpha value is -1.32. The van der Waals surface area contributed by atoms with E-state index in [4.69, 9.17) is 10.7 Å². The summed E-state index contributed by atoms with van der Waals surface area (Å²) >= 11 is 0. The summed E-state index contributed by atoms with van der Waals surface area (Å²) in [5, 5.41) is 0. The van der Waals surface area contributed by atoms with E-state index in [0.717, 1.165) is 31.9 Å². The molecule has 0 spiro atoms. The fourth-order valence-electron chi connectivity index (χ4n) is 3.05. The van der Waals surface area contributed by atoms with Crippen molar-refractivity contribution < 1.29 is 0 Å². The van der Waals surface area contributed by atoms with Crippen molar-refractivity contribution in [3.63, 3.8) is 0 Å². The first kappa shape index (κ1) is 10.8. The normalized spacial score (nSPS) is 21.9. The topological polar surface area (TPSA) is 55.0 Å². The summed E-state index contributed by atoms with van der Waals surface area (Å²) in [4.78, 5) is 11.5. The monoisotopic (exact) mass is 232 g/mol. The number of nitrogen functional groups attached to an aromatic ring is 1. The van der Waals surface area contributed by atoms with Gasteiger partial charge in [-0.3, -0.25) is 0 Å². The van der Waals surface area contributed by atoms with Crippen LogP contribution in [0.3, 0.4) is 0 Å². The Bertz CT molecular complexity index is 447. The van der Waals surface area contributed by atoms with Crippen LogP contribution in [0.1, 0.15) is 44.4 Å². The summed E-state index contributed by atoms with van der Waals surface area (Å²) < 4.78 is 0. The van der Waals surface area contributed by atoms with Crippen molar-refractivity contribution >= 4 is 11.8 Å². The Morgan fingerprint density at radius 3 is 2.59 bits per heavy atom. The molecule has 1 aliphatic heterocycles. The van der Waals surface area contributed by atoms with Crippen LogP contribution in [0.25, 0.3) is 0 Å². The number of nitrogens with two attached hydrogens (primary N) is 1. The van der Waals surface area contributed by atoms with E-state index in [-0.39, 0.29) is 5.41 Å². The van der Waals surface area contributed by atoms with Gasteiger partial charge in [0.25, 0.3) is 0 Å². The van der Waals surface area contributed by atoms with Gasteiger partial charge in [0.15, 0.2) is 0 Å². The third-order valence-corrected chi connectivity index (χ3v) is 4.05. The molecule has 2 N–H and O–H groups in total. The van der Waals surface area contributed by atoms with Crippen LogP contribution in [0.2, 0.25) is 0 Å². The van der Waals surface area contributed by atoms with E-state index in [1.165, 1.54) is 24.1 Å². The molecule has 1 fully saturated rings. The highest BCUT2D eigenvalue weighted by molar-refractivity contribution is 5.54. The molecule has 0 bridgehead atoms. The summed E-state index contributed by atoms with van der Waals surface area (Å²) in [5.41, 5.74) is 8.63. The van der Waals surface area contributed by atoms with Gasteiger partial charge < -0.3 is 10.6 Å². The number of hydrogen-bond acceptors (Lipinski definition) is 4. The first-order valence-corrected chi connectivity index (χ1v) is 6.50. The third-order valence-electron chi connectivity index (χ3n) is 4.05. The number of anilines is 2. The van der Waals surface area contributed by atoms with E-state index in [2.05, 4.69) is 23.7 Å². The molecule has 1 saturated heterocycles. The molecule has 3 rings (SSSR count). The number of aryl methyl sites for hydroxylation is 1. The number of aromatic nitrogens is 2. The Kier molecular flexibility index (Phi) is 2.28. The Morgan fingerprint density at radius 1 is 1.18 bits per heavy atom. The highest BCUT2D eigenvalue weighted by Crippen LogP contribution is 2.40. The summed E-state index contributed by atoms with van der Waals surface area (Å²) in [6.07, 6.45) is 4.65. The Labute approximate surface area is 102 Å². The van der Waals surface area contributed by atoms with Crippen LogP contribution in [-0.2, 0) is 11.8 Å². The molecule has 1 aromatic heterocycles. The number of nitrogens with zero attached hydrogens (tertiary/aromatic N) is 3. The zero-order valence-electron chi connectivity index (χ0n) is 10.7. The summed E-state index contributed by atoms with van der Waals surface area (Å²) in [6.45, 7) is 6.60. The molecule has 4 heteroatoms. The van der Waals surface area contributed by atoms with Crippen molar-refractivity contribution in [3.05, 3.63) is 11.3 Å². The molecule has 92 valence electrons. The predicted octanol–water partition coefficient (Wildman–Crippen LogP) is 1.88. The van der Waals surface area contributed by atoms with Gasteiger partial charge in [-0.2, -0.15) is 4.98 Å². The van der Waals surface area contributed by atoms with Crippen LogP contribution >= 0.6 is 0 Å². The summed E-state index contributed by atoms with van der Waals surface area (Å²) in [6, 6.07) is 0. The van der Waals surface area contributed by atoms with Crippen LogP contribution in [-0.4, -0.2) is 23.1 Å². The molecular formula is C13H20N4. The molecular weight excluding hydrogens is 212 g/mol. The molecule has 17 heavy (non-hydrogen) atoms. The highest BCUT2D eigenvalue weighted by Gasteiger charge is 2.34. The molecule has 2 heterocycles. The van der Waals surface area contributed by atoms with Gasteiger partial charge in [-0.25, -0.2) is 4.98 Å². The molecule has 0 atom stereocenters. The minimum atomic E-state index is 0.142. The SMILES string of the molecule is CC1(C)CCc2nc(N3CCCC3)nc(N)c21. The second-order valence-corrected chi connectivity index (χ2v) is 5.81. The lowest BCUT2D eigenvalue weighted by Crippen LogP contribution is -2.23. The second-order valence-electron chi connectivity index (χ2n) is 5.81. The van der Waals surface area contributed by atoms with Crippen molar-refractivity contribution in [1.82, 2.24) is 9.97 Å². The van der Waals surface area contributed by atoms with Crippen molar-refractivity contribution in [1.29, 1.82) is 0 Å². The largest absolute Gasteiger partial charge is 0.383 e. The molecule has 2 aliphatic rings. The first-order chi connectivity index (χ1) is 8.08. The van der Waals surface area contributed by atoms with E-state index in [1.54, 1.807) is 0 Å². The Morgan fingerprint density at radius 2 is 1.88 bits per heavy atom. The van der Waals surface area contributed by atoms with Gasteiger partial charge in [-0.05, 0) is 31.1 Å². The second kappa shape index (κ2) is 3.59. The molecule has 0 aromatic carbocycles. The van der Waals surface area contributed by atoms with E-state index in [0.29, 0.717) is 5.82 Å². The fraction of sp³-hybridized carbons (Fsp3) is 0.692. The number of rotatable bonds is 1. The third kappa shape index (κ3) is 1.66. The molecule has 1 aliphatic carbocycles. The lowest BCUT2D eigenvalue weighted by molar-refractivity contribution is 0.523. The number of hydrogen-bond donors (Lipinski definition) is 1. The molecule has 0 unspecified atom stereocenters. The predicted molar refractivity (Wildman–Crippen MR) is 69.2 cm³/mol. The van der Waals surface area contributed by atoms with Crippen molar-refractivity contribution in [2.24, 2.45) is 0 Å².